The Bertz CT molecular complexity index is 1190. The van der Waals surface area contributed by atoms with Gasteiger partial charge in [-0.15, -0.1) is 0 Å². The first-order chi connectivity index (χ1) is 18.3. The molecule has 0 aromatic heterocycles. The van der Waals surface area contributed by atoms with Crippen LogP contribution in [0.5, 0.6) is 5.75 Å². The molecule has 4 rings (SSSR count). The number of amides is 1. The minimum atomic E-state index is -1.07. The predicted molar refractivity (Wildman–Crippen MR) is 150 cm³/mol. The second-order valence-corrected chi connectivity index (χ2v) is 12.3. The zero-order valence-electron chi connectivity index (χ0n) is 23.3. The van der Waals surface area contributed by atoms with E-state index in [-0.39, 0.29) is 30.6 Å². The maximum absolute atomic E-state index is 13.6. The van der Waals surface area contributed by atoms with E-state index < -0.39 is 23.7 Å². The number of hydrogen-bond donors (Lipinski definition) is 2. The lowest BCUT2D eigenvalue weighted by Gasteiger charge is -2.50. The van der Waals surface area contributed by atoms with Crippen molar-refractivity contribution in [1.29, 1.82) is 0 Å². The Hall–Kier alpha value is -2.61. The quantitative estimate of drug-likeness (QED) is 0.369. The fraction of sp³-hybridized carbons (Fsp3) is 0.548. The van der Waals surface area contributed by atoms with Crippen LogP contribution in [-0.2, 0) is 16.0 Å². The number of rotatable bonds is 10. The number of benzene rings is 2. The summed E-state index contributed by atoms with van der Waals surface area (Å²) in [5, 5.41) is 20.3. The van der Waals surface area contributed by atoms with Crippen molar-refractivity contribution in [3.05, 3.63) is 64.2 Å². The highest BCUT2D eigenvalue weighted by Gasteiger charge is 2.49. The standard InChI is InChI=1S/C31H40ClNO6/c1-20-9-11-25-28(38-20)24-18-22(10-12-26(24)39-31(25,4)15-6-14-30(2,3)37)29(36)33(19-27(34)35)16-13-21-7-5-8-23(32)17-21/h5,7-8,10,12,17-18,20,25,28,37H,6,9,11,13-16,19H2,1-4H3,(H,34,35)/t20-,25-,28+,31+/m1/s1. The molecule has 0 bridgehead atoms. The maximum Gasteiger partial charge on any atom is 0.323 e. The summed E-state index contributed by atoms with van der Waals surface area (Å²) in [6.45, 7) is 7.69. The average Bonchev–Trinajstić information content (AvgIpc) is 2.85. The largest absolute Gasteiger partial charge is 0.487 e. The number of carbonyl (C=O) groups is 2. The van der Waals surface area contributed by atoms with Gasteiger partial charge in [0.1, 0.15) is 17.9 Å². The fourth-order valence-electron chi connectivity index (χ4n) is 5.88. The van der Waals surface area contributed by atoms with Gasteiger partial charge in [-0.2, -0.15) is 0 Å². The maximum atomic E-state index is 13.6. The molecule has 1 amide bonds. The number of fused-ring (bicyclic) bond motifs is 3. The molecule has 0 aliphatic carbocycles. The Morgan fingerprint density at radius 2 is 1.95 bits per heavy atom. The number of carboxylic acids is 1. The molecule has 2 aromatic carbocycles. The Kier molecular flexibility index (Phi) is 8.94. The SMILES string of the molecule is C[C@@H]1CC[C@@H]2[C@@H](O1)c1cc(C(=O)N(CCc3cccc(Cl)c3)CC(=O)O)ccc1O[C@@]2(C)CCCC(C)(C)O. The van der Waals surface area contributed by atoms with Crippen LogP contribution in [0.4, 0.5) is 0 Å². The van der Waals surface area contributed by atoms with Crippen LogP contribution in [0.15, 0.2) is 42.5 Å². The first kappa shape index (κ1) is 29.4. The van der Waals surface area contributed by atoms with Crippen LogP contribution in [0.3, 0.4) is 0 Å². The third-order valence-corrected chi connectivity index (χ3v) is 8.19. The van der Waals surface area contributed by atoms with Crippen LogP contribution in [0.1, 0.15) is 87.4 Å². The molecule has 39 heavy (non-hydrogen) atoms. The normalized spacial score (nSPS) is 24.3. The number of aliphatic carboxylic acids is 1. The summed E-state index contributed by atoms with van der Waals surface area (Å²) in [6, 6.07) is 12.7. The number of ether oxygens (including phenoxy) is 2. The molecule has 8 heteroatoms. The van der Waals surface area contributed by atoms with E-state index in [2.05, 4.69) is 13.8 Å². The monoisotopic (exact) mass is 557 g/mol. The van der Waals surface area contributed by atoms with Gasteiger partial charge in [0.05, 0.1) is 17.8 Å². The number of hydrogen-bond acceptors (Lipinski definition) is 5. The van der Waals surface area contributed by atoms with E-state index in [0.29, 0.717) is 29.2 Å². The highest BCUT2D eigenvalue weighted by atomic mass is 35.5. The number of halogens is 1. The van der Waals surface area contributed by atoms with E-state index in [1.165, 1.54) is 4.90 Å². The first-order valence-electron chi connectivity index (χ1n) is 13.8. The highest BCUT2D eigenvalue weighted by Crippen LogP contribution is 2.52. The van der Waals surface area contributed by atoms with Gasteiger partial charge < -0.3 is 24.6 Å². The van der Waals surface area contributed by atoms with Crippen LogP contribution in [-0.4, -0.2) is 57.4 Å². The summed E-state index contributed by atoms with van der Waals surface area (Å²) < 4.78 is 13.1. The molecule has 1 saturated heterocycles. The first-order valence-corrected chi connectivity index (χ1v) is 14.2. The molecular formula is C31H40ClNO6. The molecule has 2 aromatic rings. The summed E-state index contributed by atoms with van der Waals surface area (Å²) in [5.74, 6) is -0.620. The van der Waals surface area contributed by atoms with Crippen molar-refractivity contribution in [2.24, 2.45) is 5.92 Å². The lowest BCUT2D eigenvalue weighted by Crippen LogP contribution is -2.50. The minimum absolute atomic E-state index is 0.0818. The molecule has 1 fully saturated rings. The molecule has 0 unspecified atom stereocenters. The van der Waals surface area contributed by atoms with Gasteiger partial charge in [0, 0.05) is 28.6 Å². The molecule has 2 heterocycles. The van der Waals surface area contributed by atoms with Crippen molar-refractivity contribution in [3.8, 4) is 5.75 Å². The lowest BCUT2D eigenvalue weighted by molar-refractivity contribution is -0.153. The lowest BCUT2D eigenvalue weighted by atomic mass is 9.72. The number of carbonyl (C=O) groups excluding carboxylic acids is 1. The van der Waals surface area contributed by atoms with Crippen molar-refractivity contribution >= 4 is 23.5 Å². The van der Waals surface area contributed by atoms with E-state index in [0.717, 1.165) is 36.8 Å². The second kappa shape index (κ2) is 11.9. The number of aliphatic hydroxyl groups is 1. The van der Waals surface area contributed by atoms with E-state index in [1.54, 1.807) is 12.1 Å². The third kappa shape index (κ3) is 7.33. The van der Waals surface area contributed by atoms with Crippen molar-refractivity contribution in [2.75, 3.05) is 13.1 Å². The number of carboxylic acid groups (broad SMARTS) is 1. The Balaban J connectivity index is 1.58. The topological polar surface area (TPSA) is 96.3 Å². The average molecular weight is 558 g/mol. The van der Waals surface area contributed by atoms with Crippen molar-refractivity contribution in [1.82, 2.24) is 4.90 Å². The fourth-order valence-corrected chi connectivity index (χ4v) is 6.09. The van der Waals surface area contributed by atoms with Gasteiger partial charge in [-0.3, -0.25) is 9.59 Å². The van der Waals surface area contributed by atoms with Gasteiger partial charge in [-0.05, 0) is 102 Å². The summed E-state index contributed by atoms with van der Waals surface area (Å²) in [5.41, 5.74) is 0.990. The molecule has 0 radical (unpaired) electrons. The van der Waals surface area contributed by atoms with E-state index in [9.17, 15) is 19.8 Å². The zero-order valence-corrected chi connectivity index (χ0v) is 24.0. The minimum Gasteiger partial charge on any atom is -0.487 e. The molecular weight excluding hydrogens is 518 g/mol. The molecule has 2 aliphatic heterocycles. The Labute approximate surface area is 236 Å². The summed E-state index contributed by atoms with van der Waals surface area (Å²) in [6.07, 6.45) is 4.49. The van der Waals surface area contributed by atoms with Gasteiger partial charge in [0.2, 0.25) is 0 Å². The van der Waals surface area contributed by atoms with E-state index >= 15 is 0 Å². The molecule has 7 nitrogen and oxygen atoms in total. The molecule has 4 atom stereocenters. The van der Waals surface area contributed by atoms with Crippen LogP contribution in [0.25, 0.3) is 0 Å². The van der Waals surface area contributed by atoms with E-state index in [4.69, 9.17) is 21.1 Å². The van der Waals surface area contributed by atoms with Crippen LogP contribution in [0, 0.1) is 5.92 Å². The summed E-state index contributed by atoms with van der Waals surface area (Å²) in [7, 11) is 0. The molecule has 2 N–H and O–H groups in total. The molecule has 212 valence electrons. The smallest absolute Gasteiger partial charge is 0.323 e. The highest BCUT2D eigenvalue weighted by molar-refractivity contribution is 6.30. The predicted octanol–water partition coefficient (Wildman–Crippen LogP) is 6.06. The Morgan fingerprint density at radius 3 is 2.64 bits per heavy atom. The summed E-state index contributed by atoms with van der Waals surface area (Å²) in [4.78, 5) is 26.5. The zero-order chi connectivity index (χ0) is 28.4. The van der Waals surface area contributed by atoms with Crippen LogP contribution in [0.2, 0.25) is 5.02 Å². The van der Waals surface area contributed by atoms with Gasteiger partial charge in [-0.25, -0.2) is 0 Å². The van der Waals surface area contributed by atoms with Gasteiger partial charge >= 0.3 is 5.97 Å². The van der Waals surface area contributed by atoms with E-state index in [1.807, 2.05) is 44.2 Å². The van der Waals surface area contributed by atoms with Crippen molar-refractivity contribution in [2.45, 2.75) is 89.6 Å². The van der Waals surface area contributed by atoms with Gasteiger partial charge in [0.15, 0.2) is 0 Å². The van der Waals surface area contributed by atoms with Crippen molar-refractivity contribution < 1.29 is 29.3 Å². The molecule has 2 aliphatic rings. The number of nitrogens with zero attached hydrogens (tertiary/aromatic N) is 1. The second-order valence-electron chi connectivity index (χ2n) is 11.9. The Morgan fingerprint density at radius 1 is 1.18 bits per heavy atom. The molecule has 0 spiro atoms. The van der Waals surface area contributed by atoms with Crippen LogP contribution >= 0.6 is 11.6 Å². The van der Waals surface area contributed by atoms with Gasteiger partial charge in [0.25, 0.3) is 5.91 Å². The third-order valence-electron chi connectivity index (χ3n) is 7.95. The summed E-state index contributed by atoms with van der Waals surface area (Å²) >= 11 is 6.09. The van der Waals surface area contributed by atoms with Crippen molar-refractivity contribution in [3.63, 3.8) is 0 Å². The van der Waals surface area contributed by atoms with Gasteiger partial charge in [-0.1, -0.05) is 23.7 Å². The molecule has 0 saturated carbocycles. The van der Waals surface area contributed by atoms with Crippen LogP contribution < -0.4 is 4.74 Å².